The van der Waals surface area contributed by atoms with E-state index in [0.29, 0.717) is 36.4 Å². The lowest BCUT2D eigenvalue weighted by Gasteiger charge is -2.45. The average Bonchev–Trinajstić information content (AvgIpc) is 2.68. The standard InChI is InChI=1S/C22H38N4O2.2ClH/c1-16-5-2-3-8-26(16)20(27)15-24-9-11-25(12-10-24)22(28)19-13-17-6-4-7-18(14-19)21(17)23;;/h16-19,21H,2-15,23H2,1H3;2*1H. The van der Waals surface area contributed by atoms with Gasteiger partial charge in [0.15, 0.2) is 0 Å². The maximum Gasteiger partial charge on any atom is 0.236 e. The first-order chi connectivity index (χ1) is 13.5. The molecule has 2 heterocycles. The molecule has 0 aromatic carbocycles. The lowest BCUT2D eigenvalue weighted by molar-refractivity contribution is -0.141. The first-order valence-electron chi connectivity index (χ1n) is 11.6. The van der Waals surface area contributed by atoms with Crippen molar-refractivity contribution >= 4 is 36.6 Å². The summed E-state index contributed by atoms with van der Waals surface area (Å²) in [5.74, 6) is 1.89. The predicted molar refractivity (Wildman–Crippen MR) is 124 cm³/mol. The van der Waals surface area contributed by atoms with Gasteiger partial charge in [0.25, 0.3) is 0 Å². The van der Waals surface area contributed by atoms with Gasteiger partial charge in [0.2, 0.25) is 11.8 Å². The van der Waals surface area contributed by atoms with Crippen LogP contribution in [0.15, 0.2) is 0 Å². The molecular weight excluding hydrogens is 423 g/mol. The second kappa shape index (κ2) is 11.3. The van der Waals surface area contributed by atoms with Crippen molar-refractivity contribution in [2.75, 3.05) is 39.3 Å². The second-order valence-corrected chi connectivity index (χ2v) is 9.73. The summed E-state index contributed by atoms with van der Waals surface area (Å²) in [6, 6.07) is 0.694. The lowest BCUT2D eigenvalue weighted by Crippen LogP contribution is -2.55. The average molecular weight is 463 g/mol. The Balaban J connectivity index is 0.00000160. The topological polar surface area (TPSA) is 69.9 Å². The molecule has 174 valence electrons. The van der Waals surface area contributed by atoms with Gasteiger partial charge in [-0.2, -0.15) is 0 Å². The number of piperidine rings is 1. The highest BCUT2D eigenvalue weighted by Gasteiger charge is 2.42. The third kappa shape index (κ3) is 5.62. The highest BCUT2D eigenvalue weighted by molar-refractivity contribution is 5.85. The summed E-state index contributed by atoms with van der Waals surface area (Å²) in [4.78, 5) is 32.1. The Hall–Kier alpha value is -0.560. The van der Waals surface area contributed by atoms with Gasteiger partial charge >= 0.3 is 0 Å². The molecule has 2 N–H and O–H groups in total. The first-order valence-corrected chi connectivity index (χ1v) is 11.6. The molecule has 4 aliphatic rings. The predicted octanol–water partition coefficient (Wildman–Crippen LogP) is 2.53. The molecule has 0 spiro atoms. The fourth-order valence-electron chi connectivity index (χ4n) is 6.13. The Labute approximate surface area is 194 Å². The maximum atomic E-state index is 13.1. The number of nitrogens with two attached hydrogens (primary N) is 1. The molecule has 2 aliphatic heterocycles. The normalized spacial score (nSPS) is 34.5. The molecule has 30 heavy (non-hydrogen) atoms. The number of carbonyl (C=O) groups excluding carboxylic acids is 2. The van der Waals surface area contributed by atoms with Gasteiger partial charge in [-0.25, -0.2) is 0 Å². The molecule has 2 amide bonds. The van der Waals surface area contributed by atoms with Gasteiger partial charge in [0.1, 0.15) is 0 Å². The Morgan fingerprint density at radius 3 is 2.10 bits per heavy atom. The van der Waals surface area contributed by atoms with Crippen LogP contribution in [0.2, 0.25) is 0 Å². The van der Waals surface area contributed by atoms with E-state index in [0.717, 1.165) is 58.4 Å². The summed E-state index contributed by atoms with van der Waals surface area (Å²) in [5.41, 5.74) is 6.39. The van der Waals surface area contributed by atoms with Crippen LogP contribution in [0.5, 0.6) is 0 Å². The van der Waals surface area contributed by atoms with Crippen LogP contribution in [0.1, 0.15) is 58.3 Å². The second-order valence-electron chi connectivity index (χ2n) is 9.73. The Bertz CT molecular complexity index is 571. The number of rotatable bonds is 3. The van der Waals surface area contributed by atoms with E-state index in [1.54, 1.807) is 0 Å². The van der Waals surface area contributed by atoms with E-state index in [1.807, 2.05) is 0 Å². The molecule has 3 unspecified atom stereocenters. The van der Waals surface area contributed by atoms with Gasteiger partial charge in [0, 0.05) is 50.7 Å². The van der Waals surface area contributed by atoms with Gasteiger partial charge in [-0.05, 0) is 63.7 Å². The van der Waals surface area contributed by atoms with Crippen LogP contribution in [0.4, 0.5) is 0 Å². The third-order valence-electron chi connectivity index (χ3n) is 7.93. The molecule has 2 saturated heterocycles. The van der Waals surface area contributed by atoms with E-state index >= 15 is 0 Å². The van der Waals surface area contributed by atoms with Gasteiger partial charge in [-0.1, -0.05) is 6.42 Å². The van der Waals surface area contributed by atoms with Crippen LogP contribution in [-0.4, -0.2) is 77.9 Å². The van der Waals surface area contributed by atoms with Crippen molar-refractivity contribution in [3.8, 4) is 0 Å². The van der Waals surface area contributed by atoms with E-state index < -0.39 is 0 Å². The zero-order chi connectivity index (χ0) is 19.7. The summed E-state index contributed by atoms with van der Waals surface area (Å²) in [6.07, 6.45) is 9.15. The van der Waals surface area contributed by atoms with Crippen molar-refractivity contribution in [2.45, 2.75) is 70.4 Å². The zero-order valence-corrected chi connectivity index (χ0v) is 20.0. The summed E-state index contributed by atoms with van der Waals surface area (Å²) in [5, 5.41) is 0. The number of hydrogen-bond donors (Lipinski definition) is 1. The number of nitrogens with zero attached hydrogens (tertiary/aromatic N) is 3. The van der Waals surface area contributed by atoms with Crippen molar-refractivity contribution in [2.24, 2.45) is 23.5 Å². The minimum atomic E-state index is 0. The van der Waals surface area contributed by atoms with Gasteiger partial charge in [0.05, 0.1) is 6.54 Å². The molecule has 0 aromatic heterocycles. The number of piperazine rings is 1. The molecule has 8 heteroatoms. The van der Waals surface area contributed by atoms with Crippen LogP contribution in [0.25, 0.3) is 0 Å². The smallest absolute Gasteiger partial charge is 0.236 e. The number of fused-ring (bicyclic) bond motifs is 2. The summed E-state index contributed by atoms with van der Waals surface area (Å²) >= 11 is 0. The highest BCUT2D eigenvalue weighted by atomic mass is 35.5. The van der Waals surface area contributed by atoms with Crippen LogP contribution in [0, 0.1) is 17.8 Å². The SMILES string of the molecule is CC1CCCCN1C(=O)CN1CCN(C(=O)C2CC3CCCC(C2)C3N)CC1.Cl.Cl. The van der Waals surface area contributed by atoms with Crippen LogP contribution < -0.4 is 5.73 Å². The Kier molecular flexibility index (Phi) is 9.72. The molecule has 2 aliphatic carbocycles. The van der Waals surface area contributed by atoms with Crippen LogP contribution in [-0.2, 0) is 9.59 Å². The number of carbonyl (C=O) groups is 2. The Morgan fingerprint density at radius 1 is 0.867 bits per heavy atom. The minimum absolute atomic E-state index is 0. The quantitative estimate of drug-likeness (QED) is 0.699. The molecule has 3 atom stereocenters. The van der Waals surface area contributed by atoms with E-state index in [4.69, 9.17) is 5.73 Å². The van der Waals surface area contributed by atoms with E-state index in [1.165, 1.54) is 25.7 Å². The highest BCUT2D eigenvalue weighted by Crippen LogP contribution is 2.42. The summed E-state index contributed by atoms with van der Waals surface area (Å²) in [7, 11) is 0. The fourth-order valence-corrected chi connectivity index (χ4v) is 6.13. The van der Waals surface area contributed by atoms with Crippen molar-refractivity contribution in [3.63, 3.8) is 0 Å². The molecule has 0 aromatic rings. The minimum Gasteiger partial charge on any atom is -0.340 e. The molecule has 2 bridgehead atoms. The van der Waals surface area contributed by atoms with Crippen molar-refractivity contribution < 1.29 is 9.59 Å². The first kappa shape index (κ1) is 25.7. The van der Waals surface area contributed by atoms with Crippen molar-refractivity contribution in [1.82, 2.24) is 14.7 Å². The number of hydrogen-bond acceptors (Lipinski definition) is 4. The van der Waals surface area contributed by atoms with Gasteiger partial charge in [-0.3, -0.25) is 14.5 Å². The lowest BCUT2D eigenvalue weighted by atomic mass is 9.65. The molecular formula is C22H40Cl2N4O2. The largest absolute Gasteiger partial charge is 0.340 e. The number of likely N-dealkylation sites (tertiary alicyclic amines) is 1. The molecule has 2 saturated carbocycles. The fraction of sp³-hybridized carbons (Fsp3) is 0.909. The zero-order valence-electron chi connectivity index (χ0n) is 18.3. The third-order valence-corrected chi connectivity index (χ3v) is 7.93. The molecule has 0 radical (unpaired) electrons. The molecule has 4 rings (SSSR count). The van der Waals surface area contributed by atoms with E-state index in [2.05, 4.69) is 21.6 Å². The van der Waals surface area contributed by atoms with E-state index in [-0.39, 0.29) is 36.6 Å². The van der Waals surface area contributed by atoms with Crippen molar-refractivity contribution in [1.29, 1.82) is 0 Å². The van der Waals surface area contributed by atoms with Crippen LogP contribution in [0.3, 0.4) is 0 Å². The van der Waals surface area contributed by atoms with Crippen molar-refractivity contribution in [3.05, 3.63) is 0 Å². The monoisotopic (exact) mass is 462 g/mol. The van der Waals surface area contributed by atoms with E-state index in [9.17, 15) is 9.59 Å². The number of halogens is 2. The molecule has 4 fully saturated rings. The van der Waals surface area contributed by atoms with Gasteiger partial charge < -0.3 is 15.5 Å². The number of amides is 2. The Morgan fingerprint density at radius 2 is 1.50 bits per heavy atom. The summed E-state index contributed by atoms with van der Waals surface area (Å²) < 4.78 is 0. The van der Waals surface area contributed by atoms with Crippen LogP contribution >= 0.6 is 24.8 Å². The van der Waals surface area contributed by atoms with Gasteiger partial charge in [-0.15, -0.1) is 24.8 Å². The maximum absolute atomic E-state index is 13.1. The molecule has 6 nitrogen and oxygen atoms in total. The summed E-state index contributed by atoms with van der Waals surface area (Å²) in [6.45, 7) is 6.75.